The van der Waals surface area contributed by atoms with Crippen LogP contribution in [-0.2, 0) is 19.3 Å². The van der Waals surface area contributed by atoms with Crippen LogP contribution in [0.5, 0.6) is 5.75 Å². The second-order valence-electron chi connectivity index (χ2n) is 5.01. The number of anilines is 1. The number of aromatic nitrogens is 1. The lowest BCUT2D eigenvalue weighted by molar-refractivity contribution is -0.137. The van der Waals surface area contributed by atoms with Crippen molar-refractivity contribution in [2.75, 3.05) is 5.32 Å². The highest BCUT2D eigenvalue weighted by molar-refractivity contribution is 7.15. The third-order valence-corrected chi connectivity index (χ3v) is 4.35. The number of hydrogen-bond acceptors (Lipinski definition) is 5. The monoisotopic (exact) mass is 388 g/mol. The topological polar surface area (TPSA) is 47.3 Å². The van der Waals surface area contributed by atoms with Crippen molar-refractivity contribution in [2.45, 2.75) is 19.3 Å². The van der Waals surface area contributed by atoms with E-state index in [1.54, 1.807) is 18.3 Å². The maximum absolute atomic E-state index is 13.0. The summed E-state index contributed by atoms with van der Waals surface area (Å²) in [5.41, 5.74) is -0.534. The summed E-state index contributed by atoms with van der Waals surface area (Å²) in [6, 6.07) is 6.70. The summed E-state index contributed by atoms with van der Waals surface area (Å²) < 4.78 is 50.0. The van der Waals surface area contributed by atoms with Gasteiger partial charge < -0.3 is 14.5 Å². The quantitative estimate of drug-likeness (QED) is 0.597. The Morgan fingerprint density at radius 3 is 2.76 bits per heavy atom. The first-order chi connectivity index (χ1) is 11.9. The predicted molar refractivity (Wildman–Crippen MR) is 88.9 cm³/mol. The molecular formula is C16H12ClF3N2O2S. The summed E-state index contributed by atoms with van der Waals surface area (Å²) >= 11 is 7.01. The second kappa shape index (κ2) is 7.37. The van der Waals surface area contributed by atoms with Gasteiger partial charge in [-0.2, -0.15) is 13.2 Å². The molecule has 0 saturated carbocycles. The summed E-state index contributed by atoms with van der Waals surface area (Å²) in [5, 5.41) is 2.94. The lowest BCUT2D eigenvalue weighted by Gasteiger charge is -2.15. The van der Waals surface area contributed by atoms with E-state index in [1.807, 2.05) is 0 Å². The minimum atomic E-state index is -4.44. The van der Waals surface area contributed by atoms with Gasteiger partial charge in [0.25, 0.3) is 0 Å². The van der Waals surface area contributed by atoms with Crippen molar-refractivity contribution < 1.29 is 22.3 Å². The summed E-state index contributed by atoms with van der Waals surface area (Å²) in [4.78, 5) is 4.69. The van der Waals surface area contributed by atoms with Gasteiger partial charge in [-0.15, -0.1) is 11.3 Å². The molecule has 0 aliphatic heterocycles. The second-order valence-corrected chi connectivity index (χ2v) is 6.71. The first kappa shape index (κ1) is 17.6. The lowest BCUT2D eigenvalue weighted by atomic mass is 10.1. The molecule has 9 heteroatoms. The molecule has 132 valence electrons. The van der Waals surface area contributed by atoms with Crippen molar-refractivity contribution in [3.63, 3.8) is 0 Å². The van der Waals surface area contributed by atoms with E-state index in [4.69, 9.17) is 20.8 Å². The highest BCUT2D eigenvalue weighted by Crippen LogP contribution is 2.35. The van der Waals surface area contributed by atoms with E-state index in [-0.39, 0.29) is 18.8 Å². The van der Waals surface area contributed by atoms with Crippen LogP contribution in [0.15, 0.2) is 47.2 Å². The maximum atomic E-state index is 13.0. The number of rotatable bonds is 6. The number of furan rings is 1. The molecule has 1 aromatic carbocycles. The summed E-state index contributed by atoms with van der Waals surface area (Å²) in [7, 11) is 0. The Hall–Kier alpha value is -2.19. The lowest BCUT2D eigenvalue weighted by Crippen LogP contribution is -2.08. The Balaban J connectivity index is 1.79. The molecule has 0 amide bonds. The molecule has 0 aliphatic carbocycles. The van der Waals surface area contributed by atoms with Gasteiger partial charge in [0.05, 0.1) is 24.1 Å². The normalized spacial score (nSPS) is 11.5. The molecule has 0 unspecified atom stereocenters. The molecule has 0 atom stereocenters. The largest absolute Gasteiger partial charge is 0.483 e. The molecule has 2 heterocycles. The Kier molecular flexibility index (Phi) is 5.19. The van der Waals surface area contributed by atoms with Crippen LogP contribution in [-0.4, -0.2) is 4.98 Å². The Morgan fingerprint density at radius 2 is 2.12 bits per heavy atom. The van der Waals surface area contributed by atoms with Crippen LogP contribution in [0.3, 0.4) is 0 Å². The minimum absolute atomic E-state index is 0.111. The standard InChI is InChI=1S/C16H12ClF3N2O2S/c17-15-22-8-12(25-15)7-21-13-6-10(16(18,19)20)3-4-14(13)24-9-11-2-1-5-23-11/h1-6,8,21H,7,9H2. The summed E-state index contributed by atoms with van der Waals surface area (Å²) in [6.45, 7) is 0.391. The van der Waals surface area contributed by atoms with Crippen LogP contribution in [0.1, 0.15) is 16.2 Å². The fraction of sp³-hybridized carbons (Fsp3) is 0.188. The van der Waals surface area contributed by atoms with Gasteiger partial charge in [-0.3, -0.25) is 0 Å². The van der Waals surface area contributed by atoms with Gasteiger partial charge in [-0.1, -0.05) is 11.6 Å². The predicted octanol–water partition coefficient (Wildman–Crippen LogP) is 5.60. The van der Waals surface area contributed by atoms with E-state index in [1.165, 1.54) is 23.7 Å². The zero-order valence-corrected chi connectivity index (χ0v) is 14.2. The first-order valence-electron chi connectivity index (χ1n) is 7.12. The first-order valence-corrected chi connectivity index (χ1v) is 8.32. The number of halogens is 4. The fourth-order valence-corrected chi connectivity index (χ4v) is 2.98. The maximum Gasteiger partial charge on any atom is 0.416 e. The third kappa shape index (κ3) is 4.67. The third-order valence-electron chi connectivity index (χ3n) is 3.24. The molecular weight excluding hydrogens is 377 g/mol. The number of benzene rings is 1. The summed E-state index contributed by atoms with van der Waals surface area (Å²) in [6.07, 6.45) is -1.38. The Bertz CT molecular complexity index is 834. The van der Waals surface area contributed by atoms with Crippen LogP contribution >= 0.6 is 22.9 Å². The average molecular weight is 389 g/mol. The minimum Gasteiger partial charge on any atom is -0.483 e. The number of nitrogens with one attached hydrogen (secondary N) is 1. The number of hydrogen-bond donors (Lipinski definition) is 1. The zero-order valence-electron chi connectivity index (χ0n) is 12.6. The molecule has 2 aromatic heterocycles. The van der Waals surface area contributed by atoms with E-state index < -0.39 is 11.7 Å². The molecule has 0 radical (unpaired) electrons. The number of ether oxygens (including phenoxy) is 1. The molecule has 3 aromatic rings. The molecule has 25 heavy (non-hydrogen) atoms. The van der Waals surface area contributed by atoms with Crippen molar-refractivity contribution in [3.05, 3.63) is 63.5 Å². The highest BCUT2D eigenvalue weighted by Gasteiger charge is 2.31. The molecule has 4 nitrogen and oxygen atoms in total. The SMILES string of the molecule is FC(F)(F)c1ccc(OCc2ccco2)c(NCc2cnc(Cl)s2)c1. The molecule has 3 rings (SSSR count). The van der Waals surface area contributed by atoms with Crippen molar-refractivity contribution in [2.24, 2.45) is 0 Å². The smallest absolute Gasteiger partial charge is 0.416 e. The van der Waals surface area contributed by atoms with Gasteiger partial charge in [0, 0.05) is 11.1 Å². The number of nitrogens with zero attached hydrogens (tertiary/aromatic N) is 1. The van der Waals surface area contributed by atoms with E-state index in [0.29, 0.717) is 16.0 Å². The van der Waals surface area contributed by atoms with E-state index in [0.717, 1.165) is 17.0 Å². The highest BCUT2D eigenvalue weighted by atomic mass is 35.5. The van der Waals surface area contributed by atoms with Gasteiger partial charge in [-0.25, -0.2) is 4.98 Å². The Morgan fingerprint density at radius 1 is 1.28 bits per heavy atom. The molecule has 1 N–H and O–H groups in total. The number of thiazole rings is 1. The van der Waals surface area contributed by atoms with Crippen molar-refractivity contribution >= 4 is 28.6 Å². The van der Waals surface area contributed by atoms with Crippen molar-refractivity contribution in [1.29, 1.82) is 0 Å². The van der Waals surface area contributed by atoms with Crippen molar-refractivity contribution in [3.8, 4) is 5.75 Å². The van der Waals surface area contributed by atoms with Gasteiger partial charge in [0.1, 0.15) is 18.1 Å². The van der Waals surface area contributed by atoms with Gasteiger partial charge in [0.2, 0.25) is 0 Å². The summed E-state index contributed by atoms with van der Waals surface area (Å²) in [5.74, 6) is 0.861. The van der Waals surface area contributed by atoms with Crippen LogP contribution in [0.4, 0.5) is 18.9 Å². The van der Waals surface area contributed by atoms with Gasteiger partial charge >= 0.3 is 6.18 Å². The molecule has 0 spiro atoms. The number of alkyl halides is 3. The van der Waals surface area contributed by atoms with Gasteiger partial charge in [-0.05, 0) is 30.3 Å². The molecule has 0 aliphatic rings. The van der Waals surface area contributed by atoms with Crippen LogP contribution < -0.4 is 10.1 Å². The van der Waals surface area contributed by atoms with Crippen molar-refractivity contribution in [1.82, 2.24) is 4.98 Å². The van der Waals surface area contributed by atoms with E-state index >= 15 is 0 Å². The molecule has 0 fully saturated rings. The molecule has 0 bridgehead atoms. The fourth-order valence-electron chi connectivity index (χ4n) is 2.06. The Labute approximate surface area is 150 Å². The van der Waals surface area contributed by atoms with Crippen LogP contribution in [0.2, 0.25) is 4.47 Å². The zero-order chi connectivity index (χ0) is 17.9. The van der Waals surface area contributed by atoms with Crippen LogP contribution in [0, 0.1) is 0 Å². The molecule has 0 saturated heterocycles. The van der Waals surface area contributed by atoms with E-state index in [9.17, 15) is 13.2 Å². The van der Waals surface area contributed by atoms with E-state index in [2.05, 4.69) is 10.3 Å². The van der Waals surface area contributed by atoms with Crippen LogP contribution in [0.25, 0.3) is 0 Å². The van der Waals surface area contributed by atoms with Gasteiger partial charge in [0.15, 0.2) is 4.47 Å². The average Bonchev–Trinajstić information content (AvgIpc) is 3.22.